The highest BCUT2D eigenvalue weighted by atomic mass is 16.2. The lowest BCUT2D eigenvalue weighted by Crippen LogP contribution is -2.39. The number of hydrogen-bond donors (Lipinski definition) is 1. The maximum absolute atomic E-state index is 11.8. The van der Waals surface area contributed by atoms with Gasteiger partial charge in [0.15, 0.2) is 6.29 Å². The number of nitrogens with one attached hydrogen (secondary N) is 1. The fourth-order valence-electron chi connectivity index (χ4n) is 2.33. The van der Waals surface area contributed by atoms with Crippen LogP contribution >= 0.6 is 0 Å². The number of piperidine rings is 1. The molecule has 2 amide bonds. The average molecular weight is 257 g/mol. The Morgan fingerprint density at radius 3 is 2.95 bits per heavy atom. The van der Waals surface area contributed by atoms with Crippen LogP contribution in [0.3, 0.4) is 0 Å². The van der Waals surface area contributed by atoms with Gasteiger partial charge in [-0.25, -0.2) is 4.52 Å². The SMILES string of the molecule is O=Cc1cnn2cc(C3CCC(=O)NC3=O)ccc12. The van der Waals surface area contributed by atoms with E-state index in [9.17, 15) is 14.4 Å². The number of nitrogens with zero attached hydrogens (tertiary/aromatic N) is 2. The average Bonchev–Trinajstić information content (AvgIpc) is 2.80. The van der Waals surface area contributed by atoms with Crippen LogP contribution in [0.15, 0.2) is 24.5 Å². The molecule has 19 heavy (non-hydrogen) atoms. The van der Waals surface area contributed by atoms with Gasteiger partial charge in [0.25, 0.3) is 0 Å². The van der Waals surface area contributed by atoms with Crippen molar-refractivity contribution >= 4 is 23.6 Å². The van der Waals surface area contributed by atoms with Crippen molar-refractivity contribution in [3.8, 4) is 0 Å². The summed E-state index contributed by atoms with van der Waals surface area (Å²) in [6.45, 7) is 0. The third-order valence-electron chi connectivity index (χ3n) is 3.34. The van der Waals surface area contributed by atoms with Crippen molar-refractivity contribution in [1.29, 1.82) is 0 Å². The molecular weight excluding hydrogens is 246 g/mol. The second-order valence-electron chi connectivity index (χ2n) is 4.51. The molecule has 3 heterocycles. The standard InChI is InChI=1S/C13H11N3O3/c17-7-9-5-14-16-6-8(1-3-11(9)16)10-2-4-12(18)15-13(10)19/h1,3,5-7,10H,2,4H2,(H,15,18,19). The molecule has 3 rings (SSSR count). The number of imide groups is 1. The van der Waals surface area contributed by atoms with E-state index in [1.807, 2.05) is 0 Å². The number of fused-ring (bicyclic) bond motifs is 1. The molecule has 6 heteroatoms. The Kier molecular flexibility index (Phi) is 2.63. The fourth-order valence-corrected chi connectivity index (χ4v) is 2.33. The Balaban J connectivity index is 1.99. The van der Waals surface area contributed by atoms with E-state index in [0.29, 0.717) is 23.9 Å². The van der Waals surface area contributed by atoms with Crippen molar-refractivity contribution in [3.05, 3.63) is 35.7 Å². The van der Waals surface area contributed by atoms with Gasteiger partial charge in [-0.05, 0) is 18.1 Å². The molecule has 1 aliphatic heterocycles. The van der Waals surface area contributed by atoms with E-state index in [-0.39, 0.29) is 17.7 Å². The number of pyridine rings is 1. The van der Waals surface area contributed by atoms with E-state index < -0.39 is 0 Å². The Bertz CT molecular complexity index is 689. The van der Waals surface area contributed by atoms with E-state index in [4.69, 9.17) is 0 Å². The molecule has 0 spiro atoms. The monoisotopic (exact) mass is 257 g/mol. The van der Waals surface area contributed by atoms with Crippen molar-refractivity contribution < 1.29 is 14.4 Å². The minimum atomic E-state index is -0.342. The van der Waals surface area contributed by atoms with Crippen LogP contribution < -0.4 is 5.32 Å². The highest BCUT2D eigenvalue weighted by molar-refractivity contribution is 6.01. The molecule has 1 atom stereocenters. The predicted octanol–water partition coefficient (Wildman–Crippen LogP) is 0.667. The highest BCUT2D eigenvalue weighted by Gasteiger charge is 2.28. The van der Waals surface area contributed by atoms with Crippen molar-refractivity contribution in [2.75, 3.05) is 0 Å². The van der Waals surface area contributed by atoms with Crippen molar-refractivity contribution in [2.45, 2.75) is 18.8 Å². The second kappa shape index (κ2) is 4.31. The number of carbonyl (C=O) groups excluding carboxylic acids is 3. The van der Waals surface area contributed by atoms with Crippen LogP contribution in [0.4, 0.5) is 0 Å². The van der Waals surface area contributed by atoms with Gasteiger partial charge in [-0.2, -0.15) is 5.10 Å². The van der Waals surface area contributed by atoms with Gasteiger partial charge in [-0.3, -0.25) is 19.7 Å². The molecule has 0 aromatic carbocycles. The van der Waals surface area contributed by atoms with Crippen LogP contribution in [0, 0.1) is 0 Å². The molecule has 6 nitrogen and oxygen atoms in total. The zero-order chi connectivity index (χ0) is 13.4. The molecule has 1 N–H and O–H groups in total. The van der Waals surface area contributed by atoms with Crippen molar-refractivity contribution in [1.82, 2.24) is 14.9 Å². The van der Waals surface area contributed by atoms with Crippen LogP contribution in [-0.2, 0) is 9.59 Å². The zero-order valence-corrected chi connectivity index (χ0v) is 10.00. The van der Waals surface area contributed by atoms with Gasteiger partial charge >= 0.3 is 0 Å². The maximum Gasteiger partial charge on any atom is 0.234 e. The molecule has 0 saturated carbocycles. The van der Waals surface area contributed by atoms with Gasteiger partial charge in [0, 0.05) is 12.6 Å². The third kappa shape index (κ3) is 1.91. The normalized spacial score (nSPS) is 19.5. The lowest BCUT2D eigenvalue weighted by molar-refractivity contribution is -0.134. The van der Waals surface area contributed by atoms with E-state index in [0.717, 1.165) is 11.8 Å². The summed E-state index contributed by atoms with van der Waals surface area (Å²) in [5.74, 6) is -0.853. The van der Waals surface area contributed by atoms with E-state index in [1.54, 1.807) is 22.8 Å². The first-order valence-corrected chi connectivity index (χ1v) is 5.95. The zero-order valence-electron chi connectivity index (χ0n) is 10.00. The van der Waals surface area contributed by atoms with Crippen LogP contribution in [-0.4, -0.2) is 27.7 Å². The molecule has 0 radical (unpaired) electrons. The maximum atomic E-state index is 11.8. The molecule has 1 fully saturated rings. The van der Waals surface area contributed by atoms with E-state index in [2.05, 4.69) is 10.4 Å². The van der Waals surface area contributed by atoms with Gasteiger partial charge in [0.2, 0.25) is 11.8 Å². The van der Waals surface area contributed by atoms with Crippen molar-refractivity contribution in [2.24, 2.45) is 0 Å². The molecule has 2 aromatic heterocycles. The van der Waals surface area contributed by atoms with Crippen LogP contribution in [0.2, 0.25) is 0 Å². The van der Waals surface area contributed by atoms with E-state index >= 15 is 0 Å². The van der Waals surface area contributed by atoms with Gasteiger partial charge in [-0.1, -0.05) is 6.07 Å². The molecule has 0 aliphatic carbocycles. The lowest BCUT2D eigenvalue weighted by Gasteiger charge is -2.20. The molecular formula is C13H11N3O3. The molecule has 1 unspecified atom stereocenters. The Morgan fingerprint density at radius 2 is 2.21 bits per heavy atom. The number of aldehydes is 1. The lowest BCUT2D eigenvalue weighted by atomic mass is 9.91. The summed E-state index contributed by atoms with van der Waals surface area (Å²) in [7, 11) is 0. The van der Waals surface area contributed by atoms with Crippen LogP contribution in [0.1, 0.15) is 34.7 Å². The molecule has 1 saturated heterocycles. The molecule has 96 valence electrons. The largest absolute Gasteiger partial charge is 0.298 e. The summed E-state index contributed by atoms with van der Waals surface area (Å²) < 4.78 is 1.57. The highest BCUT2D eigenvalue weighted by Crippen LogP contribution is 2.25. The first kappa shape index (κ1) is 11.6. The Labute approximate surface area is 108 Å². The minimum absolute atomic E-state index is 0.232. The quantitative estimate of drug-likeness (QED) is 0.633. The first-order valence-electron chi connectivity index (χ1n) is 5.95. The molecule has 0 bridgehead atoms. The van der Waals surface area contributed by atoms with Crippen LogP contribution in [0.5, 0.6) is 0 Å². The third-order valence-corrected chi connectivity index (χ3v) is 3.34. The first-order chi connectivity index (χ1) is 9.19. The summed E-state index contributed by atoms with van der Waals surface area (Å²) in [6, 6.07) is 3.56. The summed E-state index contributed by atoms with van der Waals surface area (Å²) >= 11 is 0. The van der Waals surface area contributed by atoms with Crippen molar-refractivity contribution in [3.63, 3.8) is 0 Å². The topological polar surface area (TPSA) is 80.5 Å². The number of rotatable bonds is 2. The van der Waals surface area contributed by atoms with Gasteiger partial charge < -0.3 is 0 Å². The summed E-state index contributed by atoms with van der Waals surface area (Å²) in [5, 5.41) is 6.40. The second-order valence-corrected chi connectivity index (χ2v) is 4.51. The van der Waals surface area contributed by atoms with Gasteiger partial charge in [0.1, 0.15) is 0 Å². The number of carbonyl (C=O) groups is 3. The van der Waals surface area contributed by atoms with Crippen LogP contribution in [0.25, 0.3) is 5.52 Å². The van der Waals surface area contributed by atoms with E-state index in [1.165, 1.54) is 6.20 Å². The summed E-state index contributed by atoms with van der Waals surface area (Å²) in [6.07, 6.45) is 4.79. The smallest absolute Gasteiger partial charge is 0.234 e. The number of amides is 2. The number of aromatic nitrogens is 2. The van der Waals surface area contributed by atoms with Gasteiger partial charge in [-0.15, -0.1) is 0 Å². The molecule has 1 aliphatic rings. The molecule has 2 aromatic rings. The Hall–Kier alpha value is -2.50. The summed E-state index contributed by atoms with van der Waals surface area (Å²) in [5.41, 5.74) is 2.00. The minimum Gasteiger partial charge on any atom is -0.298 e. The Morgan fingerprint density at radius 1 is 1.37 bits per heavy atom. The fraction of sp³-hybridized carbons (Fsp3) is 0.231. The number of hydrogen-bond acceptors (Lipinski definition) is 4. The predicted molar refractivity (Wildman–Crippen MR) is 65.7 cm³/mol. The van der Waals surface area contributed by atoms with Gasteiger partial charge in [0.05, 0.1) is 23.2 Å². The summed E-state index contributed by atoms with van der Waals surface area (Å²) in [4.78, 5) is 33.7.